The van der Waals surface area contributed by atoms with Gasteiger partial charge in [0.2, 0.25) is 0 Å². The monoisotopic (exact) mass is 178 g/mol. The Labute approximate surface area is 78.2 Å². The highest BCUT2D eigenvalue weighted by atomic mass is 16.5. The maximum absolute atomic E-state index is 9.75. The van der Waals surface area contributed by atoms with E-state index in [9.17, 15) is 5.11 Å². The van der Waals surface area contributed by atoms with Gasteiger partial charge < -0.3 is 9.84 Å². The van der Waals surface area contributed by atoms with Crippen molar-refractivity contribution in [3.63, 3.8) is 0 Å². The summed E-state index contributed by atoms with van der Waals surface area (Å²) in [5.41, 5.74) is 2.11. The van der Waals surface area contributed by atoms with Crippen molar-refractivity contribution in [3.05, 3.63) is 29.3 Å². The fourth-order valence-electron chi connectivity index (χ4n) is 1.66. The van der Waals surface area contributed by atoms with Crippen molar-refractivity contribution in [1.82, 2.24) is 0 Å². The van der Waals surface area contributed by atoms with Crippen molar-refractivity contribution in [1.29, 1.82) is 0 Å². The van der Waals surface area contributed by atoms with Crippen molar-refractivity contribution in [2.24, 2.45) is 0 Å². The van der Waals surface area contributed by atoms with Crippen molar-refractivity contribution in [2.75, 3.05) is 6.61 Å². The van der Waals surface area contributed by atoms with Gasteiger partial charge in [-0.2, -0.15) is 0 Å². The van der Waals surface area contributed by atoms with E-state index in [1.54, 1.807) is 0 Å². The van der Waals surface area contributed by atoms with Crippen LogP contribution in [0.5, 0.6) is 5.75 Å². The number of aryl methyl sites for hydroxylation is 1. The van der Waals surface area contributed by atoms with Gasteiger partial charge in [-0.05, 0) is 31.4 Å². The first-order chi connectivity index (χ1) is 6.27. The number of hydrogen-bond donors (Lipinski definition) is 1. The zero-order chi connectivity index (χ0) is 9.26. The van der Waals surface area contributed by atoms with Gasteiger partial charge in [0.05, 0.1) is 12.7 Å². The molecule has 1 N–H and O–H groups in total. The lowest BCUT2D eigenvalue weighted by atomic mass is 10.0. The maximum Gasteiger partial charge on any atom is 0.125 e. The molecule has 13 heavy (non-hydrogen) atoms. The molecule has 0 amide bonds. The second-order valence-electron chi connectivity index (χ2n) is 3.55. The normalized spacial score (nSPS) is 21.5. The minimum atomic E-state index is -0.349. The molecular formula is C11H14O2. The molecule has 0 saturated carbocycles. The van der Waals surface area contributed by atoms with E-state index >= 15 is 0 Å². The highest BCUT2D eigenvalue weighted by Crippen LogP contribution is 2.31. The molecule has 2 heteroatoms. The van der Waals surface area contributed by atoms with Gasteiger partial charge >= 0.3 is 0 Å². The molecule has 0 fully saturated rings. The highest BCUT2D eigenvalue weighted by Gasteiger charge is 2.16. The van der Waals surface area contributed by atoms with Gasteiger partial charge in [-0.3, -0.25) is 0 Å². The van der Waals surface area contributed by atoms with Crippen LogP contribution in [-0.2, 0) is 0 Å². The standard InChI is InChI=1S/C11H14O2/c1-8-4-5-9-10(12)3-2-6-13-11(9)7-8/h4-5,7,10,12H,2-3,6H2,1H3/t10-/m0/s1. The predicted octanol–water partition coefficient (Wildman–Crippen LogP) is 2.20. The van der Waals surface area contributed by atoms with E-state index in [0.29, 0.717) is 6.61 Å². The van der Waals surface area contributed by atoms with Crippen LogP contribution < -0.4 is 4.74 Å². The molecule has 2 nitrogen and oxygen atoms in total. The molecule has 1 heterocycles. The Balaban J connectivity index is 2.42. The lowest BCUT2D eigenvalue weighted by Crippen LogP contribution is -1.96. The zero-order valence-electron chi connectivity index (χ0n) is 7.79. The van der Waals surface area contributed by atoms with Crippen LogP contribution in [0.25, 0.3) is 0 Å². The Morgan fingerprint density at radius 1 is 1.46 bits per heavy atom. The Kier molecular flexibility index (Phi) is 2.23. The molecule has 1 aromatic rings. The number of rotatable bonds is 0. The van der Waals surface area contributed by atoms with Gasteiger partial charge in [0, 0.05) is 5.56 Å². The van der Waals surface area contributed by atoms with Gasteiger partial charge in [0.15, 0.2) is 0 Å². The van der Waals surface area contributed by atoms with Gasteiger partial charge in [0.25, 0.3) is 0 Å². The molecule has 1 aliphatic heterocycles. The van der Waals surface area contributed by atoms with E-state index in [4.69, 9.17) is 4.74 Å². The maximum atomic E-state index is 9.75. The Morgan fingerprint density at radius 3 is 3.15 bits per heavy atom. The summed E-state index contributed by atoms with van der Waals surface area (Å²) >= 11 is 0. The molecule has 0 spiro atoms. The lowest BCUT2D eigenvalue weighted by molar-refractivity contribution is 0.167. The topological polar surface area (TPSA) is 29.5 Å². The summed E-state index contributed by atoms with van der Waals surface area (Å²) in [4.78, 5) is 0. The van der Waals surface area contributed by atoms with Crippen LogP contribution in [0, 0.1) is 6.92 Å². The van der Waals surface area contributed by atoms with Gasteiger partial charge in [-0.1, -0.05) is 12.1 Å². The van der Waals surface area contributed by atoms with Crippen molar-refractivity contribution in [3.8, 4) is 5.75 Å². The van der Waals surface area contributed by atoms with Crippen LogP contribution in [0.3, 0.4) is 0 Å². The third-order valence-electron chi connectivity index (χ3n) is 2.41. The summed E-state index contributed by atoms with van der Waals surface area (Å²) in [6, 6.07) is 5.96. The SMILES string of the molecule is Cc1ccc2c(c1)OCCC[C@@H]2O. The first-order valence-electron chi connectivity index (χ1n) is 4.69. The van der Waals surface area contributed by atoms with Crippen LogP contribution in [0.15, 0.2) is 18.2 Å². The van der Waals surface area contributed by atoms with Gasteiger partial charge in [-0.25, -0.2) is 0 Å². The number of aliphatic hydroxyl groups is 1. The summed E-state index contributed by atoms with van der Waals surface area (Å²) in [6.07, 6.45) is 1.38. The predicted molar refractivity (Wildman–Crippen MR) is 50.9 cm³/mol. The minimum Gasteiger partial charge on any atom is -0.493 e. The van der Waals surface area contributed by atoms with Crippen molar-refractivity contribution in [2.45, 2.75) is 25.9 Å². The summed E-state index contributed by atoms with van der Waals surface area (Å²) in [5.74, 6) is 0.852. The summed E-state index contributed by atoms with van der Waals surface area (Å²) < 4.78 is 5.54. The lowest BCUT2D eigenvalue weighted by Gasteiger charge is -2.10. The van der Waals surface area contributed by atoms with Crippen molar-refractivity contribution >= 4 is 0 Å². The quantitative estimate of drug-likeness (QED) is 0.660. The Bertz CT molecular complexity index is 307. The molecule has 0 unspecified atom stereocenters. The van der Waals surface area contributed by atoms with Crippen LogP contribution >= 0.6 is 0 Å². The molecule has 0 aromatic heterocycles. The van der Waals surface area contributed by atoms with Gasteiger partial charge in [-0.15, -0.1) is 0 Å². The second kappa shape index (κ2) is 3.38. The third-order valence-corrected chi connectivity index (χ3v) is 2.41. The van der Waals surface area contributed by atoms with E-state index < -0.39 is 0 Å². The first-order valence-corrected chi connectivity index (χ1v) is 4.69. The molecule has 0 radical (unpaired) electrons. The molecule has 0 saturated heterocycles. The molecule has 1 aliphatic rings. The molecule has 70 valence electrons. The fourth-order valence-corrected chi connectivity index (χ4v) is 1.66. The van der Waals surface area contributed by atoms with Gasteiger partial charge in [0.1, 0.15) is 5.75 Å². The molecule has 0 aliphatic carbocycles. The van der Waals surface area contributed by atoms with E-state index in [0.717, 1.165) is 24.2 Å². The van der Waals surface area contributed by atoms with Crippen molar-refractivity contribution < 1.29 is 9.84 Å². The summed E-state index contributed by atoms with van der Waals surface area (Å²) in [5, 5.41) is 9.75. The molecule has 1 atom stereocenters. The van der Waals surface area contributed by atoms with E-state index in [1.807, 2.05) is 25.1 Å². The highest BCUT2D eigenvalue weighted by molar-refractivity contribution is 5.39. The number of ether oxygens (including phenoxy) is 1. The molecule has 2 rings (SSSR count). The van der Waals surface area contributed by atoms with E-state index in [-0.39, 0.29) is 6.10 Å². The van der Waals surface area contributed by atoms with Crippen LogP contribution in [0.4, 0.5) is 0 Å². The largest absolute Gasteiger partial charge is 0.493 e. The van der Waals surface area contributed by atoms with Crippen LogP contribution in [-0.4, -0.2) is 11.7 Å². The summed E-state index contributed by atoms with van der Waals surface area (Å²) in [7, 11) is 0. The average molecular weight is 178 g/mol. The fraction of sp³-hybridized carbons (Fsp3) is 0.455. The molecule has 1 aromatic carbocycles. The zero-order valence-corrected chi connectivity index (χ0v) is 7.79. The number of benzene rings is 1. The Morgan fingerprint density at radius 2 is 2.31 bits per heavy atom. The molecule has 0 bridgehead atoms. The minimum absolute atomic E-state index is 0.349. The van der Waals surface area contributed by atoms with E-state index in [2.05, 4.69) is 0 Å². The van der Waals surface area contributed by atoms with Crippen LogP contribution in [0.2, 0.25) is 0 Å². The number of hydrogen-bond acceptors (Lipinski definition) is 2. The van der Waals surface area contributed by atoms with Crippen LogP contribution in [0.1, 0.15) is 30.1 Å². The number of aliphatic hydroxyl groups excluding tert-OH is 1. The second-order valence-corrected chi connectivity index (χ2v) is 3.55. The Hall–Kier alpha value is -1.02. The average Bonchev–Trinajstić information content (AvgIpc) is 2.28. The van der Waals surface area contributed by atoms with E-state index in [1.165, 1.54) is 5.56 Å². The summed E-state index contributed by atoms with van der Waals surface area (Å²) in [6.45, 7) is 2.74. The smallest absolute Gasteiger partial charge is 0.125 e. The third kappa shape index (κ3) is 1.68. The first kappa shape index (κ1) is 8.57. The number of fused-ring (bicyclic) bond motifs is 1. The molecular weight excluding hydrogens is 164 g/mol.